The molecule has 2 heterocycles. The van der Waals surface area contributed by atoms with E-state index in [0.717, 1.165) is 10.9 Å². The minimum Gasteiger partial charge on any atom is -0.497 e. The van der Waals surface area contributed by atoms with Gasteiger partial charge in [0, 0.05) is 34.2 Å². The van der Waals surface area contributed by atoms with Gasteiger partial charge in [0.15, 0.2) is 0 Å². The van der Waals surface area contributed by atoms with Gasteiger partial charge in [0.1, 0.15) is 22.8 Å². The zero-order valence-corrected chi connectivity index (χ0v) is 19.1. The summed E-state index contributed by atoms with van der Waals surface area (Å²) in [5.74, 6) is 1.68. The molecular weight excluding hydrogens is 438 g/mol. The molecule has 0 aliphatic rings. The molecule has 0 spiro atoms. The first-order chi connectivity index (χ1) is 16.0. The molecular formula is C26H20ClN3O3. The van der Waals surface area contributed by atoms with Crippen LogP contribution in [-0.2, 0) is 0 Å². The van der Waals surface area contributed by atoms with Gasteiger partial charge < -0.3 is 9.47 Å². The second-order valence-electron chi connectivity index (χ2n) is 7.58. The molecule has 0 fully saturated rings. The van der Waals surface area contributed by atoms with Crippen LogP contribution >= 0.6 is 11.6 Å². The SMILES string of the molecule is COc1cc(OC)cc(-n2c(C)nc3c(-c4ccc(Cl)cc4)nc4ccccc4c3c2=O)c1. The number of hydrogen-bond donors (Lipinski definition) is 0. The Hall–Kier alpha value is -3.90. The highest BCUT2D eigenvalue weighted by Crippen LogP contribution is 2.31. The summed E-state index contributed by atoms with van der Waals surface area (Å²) in [7, 11) is 3.15. The fourth-order valence-corrected chi connectivity index (χ4v) is 4.16. The molecule has 0 radical (unpaired) electrons. The van der Waals surface area contributed by atoms with Crippen LogP contribution in [0.2, 0.25) is 5.02 Å². The molecule has 5 rings (SSSR count). The molecule has 0 unspecified atom stereocenters. The minimum absolute atomic E-state index is 0.193. The smallest absolute Gasteiger partial charge is 0.266 e. The van der Waals surface area contributed by atoms with Gasteiger partial charge in [0.25, 0.3) is 5.56 Å². The Bertz CT molecular complexity index is 1550. The Morgan fingerprint density at radius 1 is 0.879 bits per heavy atom. The van der Waals surface area contributed by atoms with Crippen LogP contribution in [0.25, 0.3) is 38.8 Å². The summed E-state index contributed by atoms with van der Waals surface area (Å²) < 4.78 is 12.4. The summed E-state index contributed by atoms with van der Waals surface area (Å²) in [6.45, 7) is 1.80. The topological polar surface area (TPSA) is 66.2 Å². The average Bonchev–Trinajstić information content (AvgIpc) is 2.83. The molecule has 6 nitrogen and oxygen atoms in total. The number of para-hydroxylation sites is 1. The van der Waals surface area contributed by atoms with Crippen LogP contribution in [0, 0.1) is 6.92 Å². The summed E-state index contributed by atoms with van der Waals surface area (Å²) in [4.78, 5) is 23.7. The van der Waals surface area contributed by atoms with Crippen LogP contribution in [-0.4, -0.2) is 28.8 Å². The van der Waals surface area contributed by atoms with Crippen molar-refractivity contribution < 1.29 is 9.47 Å². The van der Waals surface area contributed by atoms with Crippen LogP contribution in [0.15, 0.2) is 71.5 Å². The molecule has 0 aliphatic heterocycles. The van der Waals surface area contributed by atoms with E-state index < -0.39 is 0 Å². The Morgan fingerprint density at radius 3 is 2.21 bits per heavy atom. The standard InChI is InChI=1S/C26H20ClN3O3/c1-15-28-25-23(26(31)30(15)18-12-19(32-2)14-20(13-18)33-3)21-6-4-5-7-22(21)29-24(25)16-8-10-17(27)11-9-16/h4-14H,1-3H3. The number of pyridine rings is 1. The molecule has 33 heavy (non-hydrogen) atoms. The zero-order valence-electron chi connectivity index (χ0n) is 18.3. The summed E-state index contributed by atoms with van der Waals surface area (Å²) in [6.07, 6.45) is 0. The van der Waals surface area contributed by atoms with Gasteiger partial charge in [0.05, 0.1) is 36.5 Å². The van der Waals surface area contributed by atoms with Crippen molar-refractivity contribution in [2.45, 2.75) is 6.92 Å². The molecule has 0 bridgehead atoms. The molecule has 0 atom stereocenters. The summed E-state index contributed by atoms with van der Waals surface area (Å²) in [5, 5.41) is 1.87. The molecule has 0 saturated carbocycles. The maximum absolute atomic E-state index is 14.0. The number of fused-ring (bicyclic) bond motifs is 3. The second-order valence-corrected chi connectivity index (χ2v) is 8.01. The van der Waals surface area contributed by atoms with Crippen molar-refractivity contribution in [1.29, 1.82) is 0 Å². The van der Waals surface area contributed by atoms with Crippen molar-refractivity contribution in [3.8, 4) is 28.4 Å². The third-order valence-corrected chi connectivity index (χ3v) is 5.84. The van der Waals surface area contributed by atoms with Crippen LogP contribution in [0.5, 0.6) is 11.5 Å². The third kappa shape index (κ3) is 3.58. The lowest BCUT2D eigenvalue weighted by atomic mass is 10.0. The Kier molecular flexibility index (Phi) is 5.23. The van der Waals surface area contributed by atoms with Gasteiger partial charge in [-0.05, 0) is 25.1 Å². The molecule has 0 aliphatic carbocycles. The number of rotatable bonds is 4. The number of halogens is 1. The van der Waals surface area contributed by atoms with Gasteiger partial charge in [-0.2, -0.15) is 0 Å². The number of hydrogen-bond acceptors (Lipinski definition) is 5. The number of benzene rings is 3. The lowest BCUT2D eigenvalue weighted by Crippen LogP contribution is -2.23. The first-order valence-corrected chi connectivity index (χ1v) is 10.7. The predicted molar refractivity (Wildman–Crippen MR) is 131 cm³/mol. The van der Waals surface area contributed by atoms with E-state index in [4.69, 9.17) is 31.0 Å². The lowest BCUT2D eigenvalue weighted by Gasteiger charge is -2.16. The van der Waals surface area contributed by atoms with E-state index >= 15 is 0 Å². The van der Waals surface area contributed by atoms with Gasteiger partial charge >= 0.3 is 0 Å². The third-order valence-electron chi connectivity index (χ3n) is 5.59. The second kappa shape index (κ2) is 8.22. The van der Waals surface area contributed by atoms with Crippen LogP contribution in [0.1, 0.15) is 5.82 Å². The highest BCUT2D eigenvalue weighted by Gasteiger charge is 2.19. The van der Waals surface area contributed by atoms with E-state index in [1.807, 2.05) is 36.4 Å². The van der Waals surface area contributed by atoms with Crippen molar-refractivity contribution in [3.05, 3.63) is 87.9 Å². The van der Waals surface area contributed by atoms with Gasteiger partial charge in [-0.15, -0.1) is 0 Å². The van der Waals surface area contributed by atoms with E-state index in [1.165, 1.54) is 0 Å². The first kappa shape index (κ1) is 21.0. The monoisotopic (exact) mass is 457 g/mol. The maximum atomic E-state index is 14.0. The Morgan fingerprint density at radius 2 is 1.55 bits per heavy atom. The number of methoxy groups -OCH3 is 2. The molecule has 0 N–H and O–H groups in total. The summed E-state index contributed by atoms with van der Waals surface area (Å²) in [6, 6.07) is 20.3. The lowest BCUT2D eigenvalue weighted by molar-refractivity contribution is 0.394. The van der Waals surface area contributed by atoms with Gasteiger partial charge in [0.2, 0.25) is 0 Å². The molecule has 0 saturated heterocycles. The molecule has 2 aromatic heterocycles. The highest BCUT2D eigenvalue weighted by atomic mass is 35.5. The van der Waals surface area contributed by atoms with Crippen molar-refractivity contribution >= 4 is 33.4 Å². The number of ether oxygens (including phenoxy) is 2. The van der Waals surface area contributed by atoms with Gasteiger partial charge in [-0.3, -0.25) is 9.36 Å². The molecule has 0 amide bonds. The summed E-state index contributed by atoms with van der Waals surface area (Å²) >= 11 is 6.09. The number of aromatic nitrogens is 3. The van der Waals surface area contributed by atoms with Crippen LogP contribution in [0.3, 0.4) is 0 Å². The van der Waals surface area contributed by atoms with Gasteiger partial charge in [-0.1, -0.05) is 41.9 Å². The molecule has 164 valence electrons. The van der Waals surface area contributed by atoms with E-state index in [9.17, 15) is 4.79 Å². The van der Waals surface area contributed by atoms with Crippen molar-refractivity contribution in [1.82, 2.24) is 14.5 Å². The van der Waals surface area contributed by atoms with E-state index in [1.54, 1.807) is 56.0 Å². The van der Waals surface area contributed by atoms with E-state index in [-0.39, 0.29) is 5.56 Å². The molecule has 3 aromatic carbocycles. The predicted octanol–water partition coefficient (Wildman–Crippen LogP) is 5.58. The van der Waals surface area contributed by atoms with Crippen LogP contribution < -0.4 is 15.0 Å². The number of aryl methyl sites for hydroxylation is 1. The Labute approximate surface area is 195 Å². The van der Waals surface area contributed by atoms with Crippen molar-refractivity contribution in [2.24, 2.45) is 0 Å². The Balaban J connectivity index is 1.90. The quantitative estimate of drug-likeness (QED) is 0.329. The highest BCUT2D eigenvalue weighted by molar-refractivity contribution is 6.30. The minimum atomic E-state index is -0.193. The maximum Gasteiger partial charge on any atom is 0.266 e. The summed E-state index contributed by atoms with van der Waals surface area (Å²) in [5.41, 5.74) is 3.15. The zero-order chi connectivity index (χ0) is 23.1. The largest absolute Gasteiger partial charge is 0.497 e. The van der Waals surface area contributed by atoms with Crippen molar-refractivity contribution in [2.75, 3.05) is 14.2 Å². The molecule has 5 aromatic rings. The number of nitrogens with zero attached hydrogens (tertiary/aromatic N) is 3. The van der Waals surface area contributed by atoms with E-state index in [0.29, 0.717) is 50.1 Å². The fraction of sp³-hybridized carbons (Fsp3) is 0.115. The average molecular weight is 458 g/mol. The fourth-order valence-electron chi connectivity index (χ4n) is 4.03. The molecule has 7 heteroatoms. The first-order valence-electron chi connectivity index (χ1n) is 10.3. The normalized spacial score (nSPS) is 11.2. The van der Waals surface area contributed by atoms with Gasteiger partial charge in [-0.25, -0.2) is 9.97 Å². The van der Waals surface area contributed by atoms with Crippen molar-refractivity contribution in [3.63, 3.8) is 0 Å². The van der Waals surface area contributed by atoms with E-state index in [2.05, 4.69) is 0 Å². The van der Waals surface area contributed by atoms with Crippen LogP contribution in [0.4, 0.5) is 0 Å².